The van der Waals surface area contributed by atoms with E-state index in [0.29, 0.717) is 11.3 Å². The molecule has 2 aromatic carbocycles. The van der Waals surface area contributed by atoms with Crippen LogP contribution in [-0.4, -0.2) is 19.3 Å². The minimum Gasteiger partial charge on any atom is -0.504 e. The van der Waals surface area contributed by atoms with Gasteiger partial charge in [0.05, 0.1) is 31.2 Å². The standard InChI is InChI=1S/C17H14O4/c1-19-13-6-3-11(4-7-13)15-8-5-12-9-17(20-2)14(18)10-16(12)21-15/h3-10H,1-2H3/p+1. The van der Waals surface area contributed by atoms with Gasteiger partial charge in [0, 0.05) is 12.1 Å². The summed E-state index contributed by atoms with van der Waals surface area (Å²) in [7, 11) is 3.15. The van der Waals surface area contributed by atoms with Crippen molar-refractivity contribution in [1.29, 1.82) is 0 Å². The lowest BCUT2D eigenvalue weighted by atomic mass is 10.1. The molecule has 1 heterocycles. The maximum Gasteiger partial charge on any atom is 0.364 e. The van der Waals surface area contributed by atoms with Gasteiger partial charge in [-0.3, -0.25) is 0 Å². The van der Waals surface area contributed by atoms with E-state index in [9.17, 15) is 5.11 Å². The summed E-state index contributed by atoms with van der Waals surface area (Å²) in [6.07, 6.45) is 0. The molecule has 4 nitrogen and oxygen atoms in total. The lowest BCUT2D eigenvalue weighted by Gasteiger charge is -2.02. The highest BCUT2D eigenvalue weighted by atomic mass is 16.5. The Hall–Kier alpha value is -2.75. The van der Waals surface area contributed by atoms with Crippen LogP contribution in [0.3, 0.4) is 0 Å². The maximum atomic E-state index is 9.84. The molecule has 4 heteroatoms. The van der Waals surface area contributed by atoms with Crippen LogP contribution in [0.15, 0.2) is 52.9 Å². The molecule has 0 fully saturated rings. The summed E-state index contributed by atoms with van der Waals surface area (Å²) >= 11 is 0. The predicted molar refractivity (Wildman–Crippen MR) is 80.8 cm³/mol. The third kappa shape index (κ3) is 2.48. The van der Waals surface area contributed by atoms with Gasteiger partial charge in [-0.05, 0) is 30.3 Å². The molecule has 3 aromatic rings. The van der Waals surface area contributed by atoms with E-state index in [0.717, 1.165) is 22.5 Å². The van der Waals surface area contributed by atoms with Gasteiger partial charge in [-0.1, -0.05) is 0 Å². The number of hydrogen-bond acceptors (Lipinski definition) is 3. The molecule has 0 radical (unpaired) electrons. The van der Waals surface area contributed by atoms with E-state index in [1.807, 2.05) is 36.4 Å². The average molecular weight is 283 g/mol. The van der Waals surface area contributed by atoms with E-state index in [1.54, 1.807) is 19.2 Å². The highest BCUT2D eigenvalue weighted by molar-refractivity contribution is 5.82. The summed E-state index contributed by atoms with van der Waals surface area (Å²) in [5, 5.41) is 10.7. The largest absolute Gasteiger partial charge is 0.504 e. The summed E-state index contributed by atoms with van der Waals surface area (Å²) in [5.41, 5.74) is 1.54. The number of methoxy groups -OCH3 is 2. The van der Waals surface area contributed by atoms with Crippen LogP contribution in [0.25, 0.3) is 22.3 Å². The van der Waals surface area contributed by atoms with Crippen molar-refractivity contribution in [2.75, 3.05) is 14.2 Å². The van der Waals surface area contributed by atoms with E-state index in [2.05, 4.69) is 0 Å². The zero-order chi connectivity index (χ0) is 14.8. The molecule has 0 aliphatic carbocycles. The van der Waals surface area contributed by atoms with Gasteiger partial charge in [-0.2, -0.15) is 0 Å². The van der Waals surface area contributed by atoms with Gasteiger partial charge in [-0.25, -0.2) is 4.42 Å². The minimum absolute atomic E-state index is 0.0561. The highest BCUT2D eigenvalue weighted by Crippen LogP contribution is 2.33. The first-order chi connectivity index (χ1) is 10.2. The van der Waals surface area contributed by atoms with Crippen molar-refractivity contribution in [3.05, 3.63) is 48.5 Å². The molecule has 1 aromatic heterocycles. The molecule has 3 rings (SSSR count). The molecule has 0 atom stereocenters. The van der Waals surface area contributed by atoms with E-state index in [-0.39, 0.29) is 5.75 Å². The third-order valence-electron chi connectivity index (χ3n) is 3.32. The molecular formula is C17H15O4+. The zero-order valence-electron chi connectivity index (χ0n) is 11.8. The Labute approximate surface area is 122 Å². The van der Waals surface area contributed by atoms with Crippen molar-refractivity contribution in [3.8, 4) is 28.6 Å². The normalized spacial score (nSPS) is 10.6. The summed E-state index contributed by atoms with van der Waals surface area (Å²) in [5.74, 6) is 1.99. The summed E-state index contributed by atoms with van der Waals surface area (Å²) in [6, 6.07) is 14.7. The lowest BCUT2D eigenvalue weighted by Crippen LogP contribution is -1.85. The Morgan fingerprint density at radius 1 is 0.905 bits per heavy atom. The fourth-order valence-electron chi connectivity index (χ4n) is 2.18. The van der Waals surface area contributed by atoms with Gasteiger partial charge < -0.3 is 14.6 Å². The van der Waals surface area contributed by atoms with Crippen LogP contribution >= 0.6 is 0 Å². The number of phenols is 1. The smallest absolute Gasteiger partial charge is 0.364 e. The quantitative estimate of drug-likeness (QED) is 0.735. The van der Waals surface area contributed by atoms with Crippen LogP contribution in [0.2, 0.25) is 0 Å². The Bertz CT molecular complexity index is 779. The predicted octanol–water partition coefficient (Wildman–Crippen LogP) is 4.10. The van der Waals surface area contributed by atoms with Gasteiger partial charge in [0.15, 0.2) is 11.5 Å². The van der Waals surface area contributed by atoms with Crippen molar-refractivity contribution in [3.63, 3.8) is 0 Å². The van der Waals surface area contributed by atoms with E-state index in [1.165, 1.54) is 7.11 Å². The molecule has 0 amide bonds. The van der Waals surface area contributed by atoms with Gasteiger partial charge >= 0.3 is 11.3 Å². The molecule has 0 aliphatic heterocycles. The molecule has 0 unspecified atom stereocenters. The Kier molecular flexibility index (Phi) is 3.36. The lowest BCUT2D eigenvalue weighted by molar-refractivity contribution is 0.373. The molecule has 0 saturated carbocycles. The second-order valence-corrected chi connectivity index (χ2v) is 4.59. The first-order valence-corrected chi connectivity index (χ1v) is 6.49. The monoisotopic (exact) mass is 283 g/mol. The second-order valence-electron chi connectivity index (χ2n) is 4.59. The van der Waals surface area contributed by atoms with Gasteiger partial charge in [0.1, 0.15) is 5.75 Å². The molecule has 0 saturated heterocycles. The van der Waals surface area contributed by atoms with Gasteiger partial charge in [-0.15, -0.1) is 0 Å². The second kappa shape index (κ2) is 5.32. The van der Waals surface area contributed by atoms with Crippen LogP contribution < -0.4 is 9.47 Å². The minimum atomic E-state index is 0.0561. The first kappa shape index (κ1) is 13.2. The van der Waals surface area contributed by atoms with Crippen molar-refractivity contribution < 1.29 is 19.0 Å². The van der Waals surface area contributed by atoms with E-state index in [4.69, 9.17) is 13.9 Å². The summed E-state index contributed by atoms with van der Waals surface area (Å²) < 4.78 is 16.1. The third-order valence-corrected chi connectivity index (χ3v) is 3.32. The molecule has 106 valence electrons. The summed E-state index contributed by atoms with van der Waals surface area (Å²) in [4.78, 5) is 0. The number of benzene rings is 2. The van der Waals surface area contributed by atoms with Crippen LogP contribution in [-0.2, 0) is 0 Å². The highest BCUT2D eigenvalue weighted by Gasteiger charge is 2.17. The van der Waals surface area contributed by atoms with Crippen LogP contribution in [0.5, 0.6) is 17.2 Å². The van der Waals surface area contributed by atoms with Crippen molar-refractivity contribution in [2.24, 2.45) is 0 Å². The molecule has 0 bridgehead atoms. The van der Waals surface area contributed by atoms with Crippen molar-refractivity contribution in [1.82, 2.24) is 0 Å². The average Bonchev–Trinajstić information content (AvgIpc) is 2.53. The number of rotatable bonds is 3. The first-order valence-electron chi connectivity index (χ1n) is 6.49. The van der Waals surface area contributed by atoms with Crippen LogP contribution in [0.1, 0.15) is 0 Å². The van der Waals surface area contributed by atoms with E-state index >= 15 is 0 Å². The van der Waals surface area contributed by atoms with Gasteiger partial charge in [0.2, 0.25) is 0 Å². The van der Waals surface area contributed by atoms with Crippen molar-refractivity contribution in [2.45, 2.75) is 0 Å². The molecule has 0 spiro atoms. The van der Waals surface area contributed by atoms with Crippen molar-refractivity contribution >= 4 is 11.0 Å². The number of phenolic OH excluding ortho intramolecular Hbond substituents is 1. The topological polar surface area (TPSA) is 50.0 Å². The van der Waals surface area contributed by atoms with Gasteiger partial charge in [0.25, 0.3) is 0 Å². The van der Waals surface area contributed by atoms with E-state index < -0.39 is 0 Å². The maximum absolute atomic E-state index is 9.84. The fraction of sp³-hybridized carbons (Fsp3) is 0.118. The number of aromatic hydroxyl groups is 1. The fourth-order valence-corrected chi connectivity index (χ4v) is 2.18. The zero-order valence-corrected chi connectivity index (χ0v) is 11.8. The van der Waals surface area contributed by atoms with Crippen LogP contribution in [0, 0.1) is 0 Å². The Morgan fingerprint density at radius 3 is 2.33 bits per heavy atom. The molecular weight excluding hydrogens is 268 g/mol. The summed E-state index contributed by atoms with van der Waals surface area (Å²) in [6.45, 7) is 0. The number of fused-ring (bicyclic) bond motifs is 1. The van der Waals surface area contributed by atoms with Crippen LogP contribution in [0.4, 0.5) is 0 Å². The Balaban J connectivity index is 2.07. The Morgan fingerprint density at radius 2 is 1.67 bits per heavy atom. The number of hydrogen-bond donors (Lipinski definition) is 1. The number of ether oxygens (including phenoxy) is 2. The SMILES string of the molecule is COc1ccc(-c2ccc3cc(OC)c(O)cc3[o+]2)cc1. The molecule has 21 heavy (non-hydrogen) atoms. The molecule has 0 aliphatic rings. The molecule has 1 N–H and O–H groups in total.